The standard InChI is InChI=1S/C9H9Br2N/c10-8-3-4-9(11)7(6-8)2-1-5-12/h1-4,6H,5,12H2. The Morgan fingerprint density at radius 2 is 2.08 bits per heavy atom. The van der Waals surface area contributed by atoms with Crippen LogP contribution in [-0.4, -0.2) is 6.54 Å². The summed E-state index contributed by atoms with van der Waals surface area (Å²) < 4.78 is 2.15. The molecular weight excluding hydrogens is 282 g/mol. The van der Waals surface area contributed by atoms with Gasteiger partial charge in [-0.15, -0.1) is 0 Å². The summed E-state index contributed by atoms with van der Waals surface area (Å²) in [6, 6.07) is 6.03. The van der Waals surface area contributed by atoms with Gasteiger partial charge in [0, 0.05) is 15.5 Å². The van der Waals surface area contributed by atoms with Crippen LogP contribution >= 0.6 is 31.9 Å². The highest BCUT2D eigenvalue weighted by Crippen LogP contribution is 2.22. The molecule has 0 saturated carbocycles. The number of halogens is 2. The van der Waals surface area contributed by atoms with Crippen molar-refractivity contribution in [2.45, 2.75) is 0 Å². The summed E-state index contributed by atoms with van der Waals surface area (Å²) in [6.45, 7) is 0.568. The molecule has 1 aromatic rings. The van der Waals surface area contributed by atoms with Crippen LogP contribution in [0.25, 0.3) is 6.08 Å². The molecule has 1 aromatic carbocycles. The number of nitrogens with two attached hydrogens (primary N) is 1. The molecule has 12 heavy (non-hydrogen) atoms. The largest absolute Gasteiger partial charge is 0.327 e. The summed E-state index contributed by atoms with van der Waals surface area (Å²) in [7, 11) is 0. The van der Waals surface area contributed by atoms with Gasteiger partial charge in [0.1, 0.15) is 0 Å². The fraction of sp³-hybridized carbons (Fsp3) is 0.111. The monoisotopic (exact) mass is 289 g/mol. The molecule has 0 aromatic heterocycles. The van der Waals surface area contributed by atoms with Gasteiger partial charge >= 0.3 is 0 Å². The Bertz CT molecular complexity index is 295. The Labute approximate surface area is 88.9 Å². The van der Waals surface area contributed by atoms with Gasteiger partial charge in [-0.25, -0.2) is 0 Å². The second-order valence-electron chi connectivity index (χ2n) is 2.30. The quantitative estimate of drug-likeness (QED) is 0.889. The first-order chi connectivity index (χ1) is 5.74. The third kappa shape index (κ3) is 2.73. The van der Waals surface area contributed by atoms with Gasteiger partial charge in [0.2, 0.25) is 0 Å². The SMILES string of the molecule is NCC=Cc1cc(Br)ccc1Br. The van der Waals surface area contributed by atoms with Crippen molar-refractivity contribution >= 4 is 37.9 Å². The fourth-order valence-electron chi connectivity index (χ4n) is 0.837. The lowest BCUT2D eigenvalue weighted by molar-refractivity contribution is 1.26. The van der Waals surface area contributed by atoms with Crippen molar-refractivity contribution in [2.24, 2.45) is 5.73 Å². The van der Waals surface area contributed by atoms with E-state index in [0.29, 0.717) is 6.54 Å². The van der Waals surface area contributed by atoms with Crippen molar-refractivity contribution in [3.8, 4) is 0 Å². The van der Waals surface area contributed by atoms with E-state index in [-0.39, 0.29) is 0 Å². The molecule has 0 unspecified atom stereocenters. The lowest BCUT2D eigenvalue weighted by Crippen LogP contribution is -1.92. The Kier molecular flexibility index (Phi) is 3.98. The van der Waals surface area contributed by atoms with Crippen molar-refractivity contribution in [3.05, 3.63) is 38.8 Å². The van der Waals surface area contributed by atoms with Crippen LogP contribution in [0.2, 0.25) is 0 Å². The molecule has 64 valence electrons. The molecule has 0 bridgehead atoms. The zero-order valence-corrected chi connectivity index (χ0v) is 9.60. The molecule has 0 aliphatic heterocycles. The van der Waals surface area contributed by atoms with Crippen LogP contribution in [-0.2, 0) is 0 Å². The number of benzene rings is 1. The maximum atomic E-state index is 5.35. The molecule has 0 heterocycles. The Morgan fingerprint density at radius 3 is 2.75 bits per heavy atom. The molecule has 3 heteroatoms. The predicted octanol–water partition coefficient (Wildman–Crippen LogP) is 3.18. The average molecular weight is 291 g/mol. The van der Waals surface area contributed by atoms with Crippen LogP contribution < -0.4 is 5.73 Å². The van der Waals surface area contributed by atoms with Crippen molar-refractivity contribution in [2.75, 3.05) is 6.54 Å². The van der Waals surface area contributed by atoms with Crippen molar-refractivity contribution in [1.29, 1.82) is 0 Å². The van der Waals surface area contributed by atoms with E-state index in [1.807, 2.05) is 30.4 Å². The van der Waals surface area contributed by atoms with Crippen LogP contribution in [0.4, 0.5) is 0 Å². The summed E-state index contributed by atoms with van der Waals surface area (Å²) in [4.78, 5) is 0. The summed E-state index contributed by atoms with van der Waals surface area (Å²) in [6.07, 6.45) is 3.92. The van der Waals surface area contributed by atoms with Crippen LogP contribution in [0.3, 0.4) is 0 Å². The molecule has 0 fully saturated rings. The molecule has 0 spiro atoms. The first-order valence-electron chi connectivity index (χ1n) is 3.55. The van der Waals surface area contributed by atoms with E-state index >= 15 is 0 Å². The van der Waals surface area contributed by atoms with E-state index in [9.17, 15) is 0 Å². The summed E-state index contributed by atoms with van der Waals surface area (Å²) in [5.74, 6) is 0. The third-order valence-electron chi connectivity index (χ3n) is 1.39. The number of rotatable bonds is 2. The van der Waals surface area contributed by atoms with Crippen LogP contribution in [0.1, 0.15) is 5.56 Å². The third-order valence-corrected chi connectivity index (χ3v) is 2.61. The molecule has 0 aliphatic rings. The Morgan fingerprint density at radius 1 is 1.33 bits per heavy atom. The summed E-state index contributed by atoms with van der Waals surface area (Å²) in [5.41, 5.74) is 6.48. The maximum Gasteiger partial charge on any atom is 0.0248 e. The van der Waals surface area contributed by atoms with Crippen molar-refractivity contribution in [1.82, 2.24) is 0 Å². The van der Waals surface area contributed by atoms with Gasteiger partial charge in [-0.2, -0.15) is 0 Å². The number of hydrogen-bond acceptors (Lipinski definition) is 1. The van der Waals surface area contributed by atoms with E-state index < -0.39 is 0 Å². The first-order valence-corrected chi connectivity index (χ1v) is 5.14. The summed E-state index contributed by atoms with van der Waals surface area (Å²) >= 11 is 6.85. The minimum absolute atomic E-state index is 0.568. The molecule has 1 nitrogen and oxygen atoms in total. The average Bonchev–Trinajstić information content (AvgIpc) is 2.07. The van der Waals surface area contributed by atoms with Crippen LogP contribution in [0, 0.1) is 0 Å². The first kappa shape index (κ1) is 9.96. The van der Waals surface area contributed by atoms with Gasteiger partial charge < -0.3 is 5.73 Å². The predicted molar refractivity (Wildman–Crippen MR) is 59.9 cm³/mol. The minimum atomic E-state index is 0.568. The molecule has 2 N–H and O–H groups in total. The lowest BCUT2D eigenvalue weighted by Gasteiger charge is -1.98. The van der Waals surface area contributed by atoms with E-state index in [2.05, 4.69) is 31.9 Å². The van der Waals surface area contributed by atoms with Crippen molar-refractivity contribution in [3.63, 3.8) is 0 Å². The maximum absolute atomic E-state index is 5.35. The topological polar surface area (TPSA) is 26.0 Å². The van der Waals surface area contributed by atoms with E-state index in [4.69, 9.17) is 5.73 Å². The van der Waals surface area contributed by atoms with Gasteiger partial charge in [-0.3, -0.25) is 0 Å². The number of hydrogen-bond donors (Lipinski definition) is 1. The van der Waals surface area contributed by atoms with Gasteiger partial charge in [-0.1, -0.05) is 44.0 Å². The molecule has 0 saturated heterocycles. The van der Waals surface area contributed by atoms with Gasteiger partial charge in [0.15, 0.2) is 0 Å². The molecule has 0 amide bonds. The molecule has 0 atom stereocenters. The fourth-order valence-corrected chi connectivity index (χ4v) is 1.59. The second-order valence-corrected chi connectivity index (χ2v) is 4.07. The van der Waals surface area contributed by atoms with Gasteiger partial charge in [0.05, 0.1) is 0 Å². The highest BCUT2D eigenvalue weighted by Gasteiger charge is 1.95. The highest BCUT2D eigenvalue weighted by atomic mass is 79.9. The zero-order chi connectivity index (χ0) is 8.97. The van der Waals surface area contributed by atoms with Gasteiger partial charge in [-0.05, 0) is 23.8 Å². The van der Waals surface area contributed by atoms with E-state index in [0.717, 1.165) is 14.5 Å². The second kappa shape index (κ2) is 4.80. The Balaban J connectivity index is 2.97. The van der Waals surface area contributed by atoms with Crippen molar-refractivity contribution < 1.29 is 0 Å². The highest BCUT2D eigenvalue weighted by molar-refractivity contribution is 9.11. The van der Waals surface area contributed by atoms with Crippen LogP contribution in [0.5, 0.6) is 0 Å². The minimum Gasteiger partial charge on any atom is -0.327 e. The van der Waals surface area contributed by atoms with E-state index in [1.54, 1.807) is 0 Å². The molecule has 0 aliphatic carbocycles. The Hall–Kier alpha value is -0.120. The normalized spacial score (nSPS) is 10.9. The lowest BCUT2D eigenvalue weighted by atomic mass is 10.2. The van der Waals surface area contributed by atoms with Gasteiger partial charge in [0.25, 0.3) is 0 Å². The molecule has 1 rings (SSSR count). The summed E-state index contributed by atoms with van der Waals surface area (Å²) in [5, 5.41) is 0. The zero-order valence-electron chi connectivity index (χ0n) is 6.43. The molecular formula is C9H9Br2N. The molecule has 0 radical (unpaired) electrons. The van der Waals surface area contributed by atoms with Crippen LogP contribution in [0.15, 0.2) is 33.2 Å². The smallest absolute Gasteiger partial charge is 0.0248 e. The van der Waals surface area contributed by atoms with E-state index in [1.165, 1.54) is 0 Å².